The van der Waals surface area contributed by atoms with Crippen LogP contribution < -0.4 is 5.73 Å². The first kappa shape index (κ1) is 11.7. The lowest BCUT2D eigenvalue weighted by Crippen LogP contribution is -2.11. The first-order chi connectivity index (χ1) is 7.61. The van der Waals surface area contributed by atoms with Crippen molar-refractivity contribution in [3.8, 4) is 0 Å². The Morgan fingerprint density at radius 3 is 2.75 bits per heavy atom. The number of aromatic amines is 1. The highest BCUT2D eigenvalue weighted by Gasteiger charge is 2.11. The lowest BCUT2D eigenvalue weighted by atomic mass is 10.2. The van der Waals surface area contributed by atoms with Gasteiger partial charge in [-0.2, -0.15) is 0 Å². The van der Waals surface area contributed by atoms with Crippen molar-refractivity contribution < 1.29 is 0 Å². The van der Waals surface area contributed by atoms with E-state index in [-0.39, 0.29) is 6.04 Å². The Bertz CT molecular complexity index is 468. The Labute approximate surface area is 104 Å². The summed E-state index contributed by atoms with van der Waals surface area (Å²) in [6.07, 6.45) is 1.93. The van der Waals surface area contributed by atoms with Crippen molar-refractivity contribution in [3.05, 3.63) is 28.0 Å². The van der Waals surface area contributed by atoms with Gasteiger partial charge in [0.25, 0.3) is 0 Å². The average Bonchev–Trinajstić information content (AvgIpc) is 2.62. The number of benzene rings is 1. The molecule has 1 heterocycles. The molecule has 3 N–H and O–H groups in total. The van der Waals surface area contributed by atoms with E-state index in [2.05, 4.69) is 16.9 Å². The molecule has 2 aromatic rings. The number of fused-ring (bicyclic) bond motifs is 1. The maximum atomic E-state index is 5.99. The Hall–Kier alpha value is -0.770. The number of hydrogen-bond donors (Lipinski definition) is 2. The Balaban J connectivity index is 2.43. The third kappa shape index (κ3) is 2.17. The van der Waals surface area contributed by atoms with Crippen LogP contribution in [0.1, 0.15) is 31.6 Å². The molecule has 1 unspecified atom stereocenters. The monoisotopic (exact) mass is 257 g/mol. The van der Waals surface area contributed by atoms with E-state index in [0.29, 0.717) is 10.0 Å². The van der Waals surface area contributed by atoms with Crippen LogP contribution in [-0.4, -0.2) is 9.97 Å². The highest BCUT2D eigenvalue weighted by Crippen LogP contribution is 2.27. The van der Waals surface area contributed by atoms with Crippen molar-refractivity contribution >= 4 is 34.2 Å². The highest BCUT2D eigenvalue weighted by atomic mass is 35.5. The van der Waals surface area contributed by atoms with Crippen LogP contribution in [0.3, 0.4) is 0 Å². The van der Waals surface area contributed by atoms with Crippen LogP contribution in [0.25, 0.3) is 11.0 Å². The molecule has 1 aromatic heterocycles. The van der Waals surface area contributed by atoms with Crippen LogP contribution in [-0.2, 0) is 0 Å². The van der Waals surface area contributed by atoms with E-state index in [9.17, 15) is 0 Å². The van der Waals surface area contributed by atoms with Crippen LogP contribution in [0, 0.1) is 0 Å². The van der Waals surface area contributed by atoms with Crippen molar-refractivity contribution in [1.29, 1.82) is 0 Å². The third-order valence-electron chi connectivity index (χ3n) is 2.49. The molecule has 0 aliphatic carbocycles. The Morgan fingerprint density at radius 1 is 1.38 bits per heavy atom. The van der Waals surface area contributed by atoms with Crippen molar-refractivity contribution in [3.63, 3.8) is 0 Å². The molecule has 0 aliphatic heterocycles. The fourth-order valence-electron chi connectivity index (χ4n) is 1.65. The summed E-state index contributed by atoms with van der Waals surface area (Å²) in [6, 6.07) is 3.46. The number of nitrogens with zero attached hydrogens (tertiary/aromatic N) is 1. The van der Waals surface area contributed by atoms with Gasteiger partial charge in [-0.05, 0) is 18.6 Å². The first-order valence-corrected chi connectivity index (χ1v) is 5.97. The van der Waals surface area contributed by atoms with Gasteiger partial charge in [0.15, 0.2) is 0 Å². The molecule has 2 rings (SSSR count). The van der Waals surface area contributed by atoms with Gasteiger partial charge in [0, 0.05) is 0 Å². The molecular weight excluding hydrogens is 245 g/mol. The summed E-state index contributed by atoms with van der Waals surface area (Å²) in [4.78, 5) is 7.58. The summed E-state index contributed by atoms with van der Waals surface area (Å²) in [7, 11) is 0. The van der Waals surface area contributed by atoms with Gasteiger partial charge in [-0.15, -0.1) is 0 Å². The molecule has 0 saturated carbocycles. The Kier molecular flexibility index (Phi) is 3.38. The molecule has 86 valence electrons. The molecule has 0 bridgehead atoms. The van der Waals surface area contributed by atoms with Gasteiger partial charge >= 0.3 is 0 Å². The normalized spacial score (nSPS) is 13.2. The zero-order valence-corrected chi connectivity index (χ0v) is 10.4. The number of hydrogen-bond acceptors (Lipinski definition) is 2. The lowest BCUT2D eigenvalue weighted by Gasteiger charge is -2.04. The zero-order chi connectivity index (χ0) is 11.7. The topological polar surface area (TPSA) is 54.7 Å². The molecule has 0 saturated heterocycles. The van der Waals surface area contributed by atoms with Gasteiger partial charge in [0.2, 0.25) is 0 Å². The number of H-pyrrole nitrogens is 1. The Morgan fingerprint density at radius 2 is 2.06 bits per heavy atom. The molecule has 16 heavy (non-hydrogen) atoms. The summed E-state index contributed by atoms with van der Waals surface area (Å²) in [6.45, 7) is 2.09. The van der Waals surface area contributed by atoms with Crippen molar-refractivity contribution in [1.82, 2.24) is 9.97 Å². The van der Waals surface area contributed by atoms with Gasteiger partial charge in [-0.1, -0.05) is 36.5 Å². The van der Waals surface area contributed by atoms with Crippen molar-refractivity contribution in [2.24, 2.45) is 5.73 Å². The summed E-state index contributed by atoms with van der Waals surface area (Å²) in [5, 5.41) is 1.03. The van der Waals surface area contributed by atoms with Crippen LogP contribution in [0.5, 0.6) is 0 Å². The SMILES string of the molecule is CCCC(N)c1nc2cc(Cl)c(Cl)cc2[nH]1. The molecule has 0 radical (unpaired) electrons. The molecule has 1 aromatic carbocycles. The van der Waals surface area contributed by atoms with Gasteiger partial charge < -0.3 is 10.7 Å². The number of imidazole rings is 1. The lowest BCUT2D eigenvalue weighted by molar-refractivity contribution is 0.610. The molecular formula is C11H13Cl2N3. The average molecular weight is 258 g/mol. The fourth-order valence-corrected chi connectivity index (χ4v) is 1.97. The fraction of sp³-hybridized carbons (Fsp3) is 0.364. The van der Waals surface area contributed by atoms with Gasteiger partial charge in [-0.25, -0.2) is 4.98 Å². The van der Waals surface area contributed by atoms with E-state index in [0.717, 1.165) is 29.7 Å². The minimum atomic E-state index is -0.0602. The number of aromatic nitrogens is 2. The largest absolute Gasteiger partial charge is 0.341 e. The zero-order valence-electron chi connectivity index (χ0n) is 8.93. The number of nitrogens with one attached hydrogen (secondary N) is 1. The van der Waals surface area contributed by atoms with Crippen molar-refractivity contribution in [2.45, 2.75) is 25.8 Å². The van der Waals surface area contributed by atoms with Crippen molar-refractivity contribution in [2.75, 3.05) is 0 Å². The van der Waals surface area contributed by atoms with E-state index >= 15 is 0 Å². The van der Waals surface area contributed by atoms with Gasteiger partial charge in [0.1, 0.15) is 5.82 Å². The second-order valence-corrected chi connectivity index (χ2v) is 4.62. The van der Waals surface area contributed by atoms with Crippen LogP contribution in [0.2, 0.25) is 10.0 Å². The van der Waals surface area contributed by atoms with E-state index in [4.69, 9.17) is 28.9 Å². The minimum absolute atomic E-state index is 0.0602. The van der Waals surface area contributed by atoms with Gasteiger partial charge in [-0.3, -0.25) is 0 Å². The summed E-state index contributed by atoms with van der Waals surface area (Å²) < 4.78 is 0. The van der Waals surface area contributed by atoms with E-state index in [1.54, 1.807) is 12.1 Å². The van der Waals surface area contributed by atoms with E-state index in [1.165, 1.54) is 0 Å². The standard InChI is InChI=1S/C11H13Cl2N3/c1-2-3-8(14)11-15-9-4-6(12)7(13)5-10(9)16-11/h4-5,8H,2-3,14H2,1H3,(H,15,16). The quantitative estimate of drug-likeness (QED) is 0.882. The number of nitrogens with two attached hydrogens (primary N) is 1. The maximum absolute atomic E-state index is 5.99. The minimum Gasteiger partial charge on any atom is -0.341 e. The summed E-state index contributed by atoms with van der Waals surface area (Å²) >= 11 is 11.8. The number of rotatable bonds is 3. The van der Waals surface area contributed by atoms with Crippen LogP contribution >= 0.6 is 23.2 Å². The molecule has 5 heteroatoms. The predicted molar refractivity (Wildman–Crippen MR) is 68.0 cm³/mol. The van der Waals surface area contributed by atoms with E-state index in [1.807, 2.05) is 0 Å². The molecule has 0 fully saturated rings. The summed E-state index contributed by atoms with van der Waals surface area (Å²) in [5.74, 6) is 0.787. The van der Waals surface area contributed by atoms with Crippen LogP contribution in [0.4, 0.5) is 0 Å². The number of halogens is 2. The third-order valence-corrected chi connectivity index (χ3v) is 3.22. The smallest absolute Gasteiger partial charge is 0.124 e. The molecule has 0 aliphatic rings. The summed E-state index contributed by atoms with van der Waals surface area (Å²) in [5.41, 5.74) is 7.66. The highest BCUT2D eigenvalue weighted by molar-refractivity contribution is 6.42. The maximum Gasteiger partial charge on any atom is 0.124 e. The molecule has 0 spiro atoms. The second-order valence-electron chi connectivity index (χ2n) is 3.80. The molecule has 0 amide bonds. The predicted octanol–water partition coefficient (Wildman–Crippen LogP) is 3.67. The van der Waals surface area contributed by atoms with Crippen LogP contribution in [0.15, 0.2) is 12.1 Å². The second kappa shape index (κ2) is 4.62. The molecule has 3 nitrogen and oxygen atoms in total. The molecule has 1 atom stereocenters. The van der Waals surface area contributed by atoms with Gasteiger partial charge in [0.05, 0.1) is 27.1 Å². The van der Waals surface area contributed by atoms with E-state index < -0.39 is 0 Å². The first-order valence-electron chi connectivity index (χ1n) is 5.22.